The Hall–Kier alpha value is -3.65. The van der Waals surface area contributed by atoms with Gasteiger partial charge in [-0.15, -0.1) is 0 Å². The number of piperidine rings is 1. The molecule has 4 rings (SSSR count). The molecule has 1 aromatic carbocycles. The number of hydrogen-bond acceptors (Lipinski definition) is 7. The number of carboxylic acid groups (broad SMARTS) is 1. The van der Waals surface area contributed by atoms with Crippen molar-refractivity contribution in [2.45, 2.75) is 79.1 Å². The number of aromatic nitrogens is 2. The zero-order valence-electron chi connectivity index (χ0n) is 25.3. The lowest BCUT2D eigenvalue weighted by Gasteiger charge is -2.40. The Morgan fingerprint density at radius 1 is 1.05 bits per heavy atom. The van der Waals surface area contributed by atoms with Crippen LogP contribution in [0.1, 0.15) is 71.7 Å². The summed E-state index contributed by atoms with van der Waals surface area (Å²) in [7, 11) is 0. The molecule has 41 heavy (non-hydrogen) atoms. The molecule has 0 aliphatic carbocycles. The van der Waals surface area contributed by atoms with Crippen LogP contribution in [0.3, 0.4) is 0 Å². The van der Waals surface area contributed by atoms with E-state index in [1.165, 1.54) is 0 Å². The first-order valence-corrected chi connectivity index (χ1v) is 14.3. The average molecular weight is 562 g/mol. The van der Waals surface area contributed by atoms with Gasteiger partial charge in [0.15, 0.2) is 6.10 Å². The van der Waals surface area contributed by atoms with Gasteiger partial charge in [-0.3, -0.25) is 4.98 Å². The predicted octanol–water partition coefficient (Wildman–Crippen LogP) is 6.87. The van der Waals surface area contributed by atoms with Crippen molar-refractivity contribution < 1.29 is 24.1 Å². The number of nitrogens with zero attached hydrogens (tertiary/aromatic N) is 3. The number of pyridine rings is 2. The fourth-order valence-electron chi connectivity index (χ4n) is 4.98. The molecule has 1 fully saturated rings. The molecule has 3 aromatic rings. The maximum Gasteiger partial charge on any atom is 0.337 e. The number of aliphatic carboxylic acids is 1. The lowest BCUT2D eigenvalue weighted by Crippen LogP contribution is -2.39. The highest BCUT2D eigenvalue weighted by atomic mass is 16.5. The van der Waals surface area contributed by atoms with Gasteiger partial charge in [0.25, 0.3) is 0 Å². The van der Waals surface area contributed by atoms with Crippen LogP contribution in [-0.4, -0.2) is 52.4 Å². The minimum absolute atomic E-state index is 0.209. The summed E-state index contributed by atoms with van der Waals surface area (Å²) in [6, 6.07) is 13.4. The van der Waals surface area contributed by atoms with Crippen molar-refractivity contribution in [1.82, 2.24) is 9.97 Å². The smallest absolute Gasteiger partial charge is 0.337 e. The summed E-state index contributed by atoms with van der Waals surface area (Å²) in [5.74, 6) is 0.241. The molecule has 1 saturated heterocycles. The van der Waals surface area contributed by atoms with Gasteiger partial charge in [-0.25, -0.2) is 9.78 Å². The number of para-hydroxylation sites is 1. The van der Waals surface area contributed by atoms with Crippen molar-refractivity contribution in [3.05, 3.63) is 66.1 Å². The largest absolute Gasteiger partial charge is 0.490 e. The lowest BCUT2D eigenvalue weighted by atomic mass is 9.82. The molecule has 0 saturated carbocycles. The molecule has 8 heteroatoms. The van der Waals surface area contributed by atoms with Gasteiger partial charge in [0.1, 0.15) is 18.5 Å². The number of rotatable bonds is 10. The molecule has 2 atom stereocenters. The number of carbonyl (C=O) groups is 1. The number of benzene rings is 1. The average Bonchev–Trinajstić information content (AvgIpc) is 2.91. The minimum atomic E-state index is -1.16. The van der Waals surface area contributed by atoms with Crippen molar-refractivity contribution in [1.29, 1.82) is 0 Å². The first kappa shape index (κ1) is 30.3. The molecule has 0 amide bonds. The second kappa shape index (κ2) is 12.5. The van der Waals surface area contributed by atoms with E-state index >= 15 is 0 Å². The Bertz CT molecular complexity index is 1310. The van der Waals surface area contributed by atoms with Crippen molar-refractivity contribution in [2.75, 3.05) is 24.6 Å². The van der Waals surface area contributed by atoms with Crippen LogP contribution in [0.2, 0.25) is 0 Å². The van der Waals surface area contributed by atoms with Crippen molar-refractivity contribution in [3.63, 3.8) is 0 Å². The lowest BCUT2D eigenvalue weighted by molar-refractivity contribution is -0.160. The van der Waals surface area contributed by atoms with E-state index in [9.17, 15) is 9.90 Å². The van der Waals surface area contributed by atoms with Crippen LogP contribution in [0.4, 0.5) is 5.69 Å². The third-order valence-corrected chi connectivity index (χ3v) is 7.28. The molecule has 0 radical (unpaired) electrons. The summed E-state index contributed by atoms with van der Waals surface area (Å²) in [5, 5.41) is 10.3. The third kappa shape index (κ3) is 7.97. The molecule has 3 heterocycles. The standard InChI is InChI=1S/C33H43N3O5/c1-22(21-39-25-11-9-8-10-12-25)40-27-14-13-24(19-35-27)26-20-34-23(2)28(30(31(37)38)41-32(3,4)5)29(26)36-17-15-33(6,7)16-18-36/h8-14,19-20,22,30H,15-18,21H2,1-7H3,(H,37,38)/t22-,30-/m0/s1. The fraction of sp³-hybridized carbons (Fsp3) is 0.485. The second-order valence-corrected chi connectivity index (χ2v) is 12.6. The van der Waals surface area contributed by atoms with Gasteiger partial charge in [0.2, 0.25) is 5.88 Å². The van der Waals surface area contributed by atoms with E-state index in [2.05, 4.69) is 28.7 Å². The number of carboxylic acids is 1. The molecule has 1 aliphatic heterocycles. The first-order chi connectivity index (χ1) is 19.3. The summed E-state index contributed by atoms with van der Waals surface area (Å²) in [6.07, 6.45) is 4.21. The summed E-state index contributed by atoms with van der Waals surface area (Å²) in [4.78, 5) is 24.1. The zero-order valence-corrected chi connectivity index (χ0v) is 25.3. The highest BCUT2D eigenvalue weighted by Crippen LogP contribution is 2.43. The van der Waals surface area contributed by atoms with Crippen LogP contribution in [0, 0.1) is 12.3 Å². The highest BCUT2D eigenvalue weighted by molar-refractivity contribution is 5.86. The van der Waals surface area contributed by atoms with Crippen LogP contribution in [0.15, 0.2) is 54.9 Å². The van der Waals surface area contributed by atoms with Gasteiger partial charge in [0, 0.05) is 53.9 Å². The van der Waals surface area contributed by atoms with Crippen molar-refractivity contribution >= 4 is 11.7 Å². The van der Waals surface area contributed by atoms with Crippen LogP contribution < -0.4 is 14.4 Å². The Kier molecular flexibility index (Phi) is 9.22. The molecule has 0 bridgehead atoms. The number of ether oxygens (including phenoxy) is 3. The van der Waals surface area contributed by atoms with E-state index in [0.29, 0.717) is 23.7 Å². The van der Waals surface area contributed by atoms with E-state index in [1.807, 2.05) is 83.3 Å². The minimum Gasteiger partial charge on any atom is -0.490 e. The Morgan fingerprint density at radius 3 is 2.32 bits per heavy atom. The number of aryl methyl sites for hydroxylation is 1. The quantitative estimate of drug-likeness (QED) is 0.287. The predicted molar refractivity (Wildman–Crippen MR) is 161 cm³/mol. The van der Waals surface area contributed by atoms with Crippen molar-refractivity contribution in [2.24, 2.45) is 5.41 Å². The van der Waals surface area contributed by atoms with Gasteiger partial charge in [-0.1, -0.05) is 32.0 Å². The van der Waals surface area contributed by atoms with E-state index < -0.39 is 17.7 Å². The van der Waals surface area contributed by atoms with Crippen LogP contribution in [0.5, 0.6) is 11.6 Å². The molecule has 2 aromatic heterocycles. The van der Waals surface area contributed by atoms with Gasteiger partial charge in [-0.2, -0.15) is 0 Å². The highest BCUT2D eigenvalue weighted by Gasteiger charge is 2.35. The van der Waals surface area contributed by atoms with Crippen LogP contribution >= 0.6 is 0 Å². The molecule has 8 nitrogen and oxygen atoms in total. The molecule has 220 valence electrons. The molecular weight excluding hydrogens is 518 g/mol. The molecule has 1 N–H and O–H groups in total. The van der Waals surface area contributed by atoms with Gasteiger partial charge in [-0.05, 0) is 71.1 Å². The first-order valence-electron chi connectivity index (χ1n) is 14.3. The summed E-state index contributed by atoms with van der Waals surface area (Å²) >= 11 is 0. The van der Waals surface area contributed by atoms with Crippen LogP contribution in [0.25, 0.3) is 11.1 Å². The summed E-state index contributed by atoms with van der Waals surface area (Å²) in [5.41, 5.74) is 3.32. The maximum absolute atomic E-state index is 12.6. The Morgan fingerprint density at radius 2 is 1.73 bits per heavy atom. The number of anilines is 1. The fourth-order valence-corrected chi connectivity index (χ4v) is 4.98. The zero-order chi connectivity index (χ0) is 29.8. The van der Waals surface area contributed by atoms with E-state index in [0.717, 1.165) is 48.5 Å². The van der Waals surface area contributed by atoms with E-state index in [1.54, 1.807) is 6.20 Å². The Balaban J connectivity index is 1.66. The van der Waals surface area contributed by atoms with E-state index in [4.69, 9.17) is 14.2 Å². The molecular formula is C33H43N3O5. The summed E-state index contributed by atoms with van der Waals surface area (Å²) in [6.45, 7) is 16.0. The monoisotopic (exact) mass is 561 g/mol. The maximum atomic E-state index is 12.6. The second-order valence-electron chi connectivity index (χ2n) is 12.6. The summed E-state index contributed by atoms with van der Waals surface area (Å²) < 4.78 is 17.9. The number of hydrogen-bond donors (Lipinski definition) is 1. The van der Waals surface area contributed by atoms with Crippen molar-refractivity contribution in [3.8, 4) is 22.8 Å². The van der Waals surface area contributed by atoms with Gasteiger partial charge in [0.05, 0.1) is 11.3 Å². The molecule has 0 spiro atoms. The van der Waals surface area contributed by atoms with Crippen LogP contribution in [-0.2, 0) is 9.53 Å². The Labute approximate surface area is 243 Å². The molecule has 0 unspecified atom stereocenters. The topological polar surface area (TPSA) is 94.0 Å². The normalized spacial score (nSPS) is 16.6. The van der Waals surface area contributed by atoms with Gasteiger partial charge < -0.3 is 24.2 Å². The van der Waals surface area contributed by atoms with Gasteiger partial charge >= 0.3 is 5.97 Å². The molecule has 1 aliphatic rings. The SMILES string of the molecule is Cc1ncc(-c2ccc(O[C@@H](C)COc3ccccc3)nc2)c(N2CCC(C)(C)CC2)c1[C@H](OC(C)(C)C)C(=O)O. The third-order valence-electron chi connectivity index (χ3n) is 7.28. The van der Waals surface area contributed by atoms with E-state index in [-0.39, 0.29) is 11.5 Å².